The van der Waals surface area contributed by atoms with Crippen molar-refractivity contribution in [2.75, 3.05) is 15.5 Å². The summed E-state index contributed by atoms with van der Waals surface area (Å²) in [7, 11) is 0. The molecule has 2 heterocycles. The first-order chi connectivity index (χ1) is 25.2. The van der Waals surface area contributed by atoms with E-state index >= 15 is 0 Å². The lowest BCUT2D eigenvalue weighted by atomic mass is 10.1. The van der Waals surface area contributed by atoms with E-state index < -0.39 is 16.7 Å². The summed E-state index contributed by atoms with van der Waals surface area (Å²) in [5, 5.41) is 11.4. The molecular weight excluding hydrogens is 664 g/mol. The number of amides is 4. The van der Waals surface area contributed by atoms with Gasteiger partial charge in [-0.2, -0.15) is 0 Å². The highest BCUT2D eigenvalue weighted by Gasteiger charge is 2.40. The second kappa shape index (κ2) is 13.7. The number of carbonyl (C=O) groups excluding carboxylic acids is 4. The molecule has 0 saturated heterocycles. The molecule has 0 radical (unpaired) electrons. The average molecular weight is 691 g/mol. The molecule has 0 saturated carbocycles. The quantitative estimate of drug-likeness (QED) is 0.0756. The van der Waals surface area contributed by atoms with E-state index in [1.807, 2.05) is 36.4 Å². The molecule has 52 heavy (non-hydrogen) atoms. The number of nitro benzene ring substituents is 1. The summed E-state index contributed by atoms with van der Waals surface area (Å²) < 4.78 is 11.5. The van der Waals surface area contributed by atoms with Crippen molar-refractivity contribution < 1.29 is 33.6 Å². The maximum absolute atomic E-state index is 12.7. The number of hydrogen-bond donors (Lipinski definition) is 1. The van der Waals surface area contributed by atoms with E-state index in [1.165, 1.54) is 30.3 Å². The summed E-state index contributed by atoms with van der Waals surface area (Å²) in [5.74, 6) is -0.0231. The normalized spacial score (nSPS) is 12.9. The third kappa shape index (κ3) is 6.18. The SMILES string of the molecule is Nc1ccc(Oc2ccccc2)cc1N1C(=O)c2ccccc2C1=O.O=C1c2ccccc2C(=O)N1c1cc(Oc2ccccc2)ccc1[N+](=O)[O-]. The Morgan fingerprint density at radius 1 is 0.462 bits per heavy atom. The van der Waals surface area contributed by atoms with Crippen LogP contribution in [-0.2, 0) is 0 Å². The molecule has 0 unspecified atom stereocenters. The van der Waals surface area contributed by atoms with E-state index in [2.05, 4.69) is 0 Å². The van der Waals surface area contributed by atoms with Gasteiger partial charge in [-0.05, 0) is 66.7 Å². The maximum Gasteiger partial charge on any atom is 0.293 e. The number of hydrogen-bond acceptors (Lipinski definition) is 9. The minimum Gasteiger partial charge on any atom is -0.457 e. The predicted octanol–water partition coefficient (Wildman–Crippen LogP) is 8.05. The third-order valence-corrected chi connectivity index (χ3v) is 8.17. The Morgan fingerprint density at radius 2 is 0.827 bits per heavy atom. The molecule has 8 rings (SSSR count). The number of nitro groups is 1. The van der Waals surface area contributed by atoms with E-state index in [-0.39, 0.29) is 40.1 Å². The van der Waals surface area contributed by atoms with Gasteiger partial charge in [0.15, 0.2) is 0 Å². The fraction of sp³-hybridized carbons (Fsp3) is 0. The summed E-state index contributed by atoms with van der Waals surface area (Å²) in [6.45, 7) is 0. The van der Waals surface area contributed by atoms with Gasteiger partial charge in [-0.25, -0.2) is 9.80 Å². The van der Waals surface area contributed by atoms with E-state index in [0.717, 1.165) is 9.80 Å². The van der Waals surface area contributed by atoms with Crippen LogP contribution in [0.1, 0.15) is 41.4 Å². The van der Waals surface area contributed by atoms with Crippen LogP contribution in [0.15, 0.2) is 146 Å². The largest absolute Gasteiger partial charge is 0.457 e. The van der Waals surface area contributed by atoms with Crippen LogP contribution in [0.2, 0.25) is 0 Å². The summed E-state index contributed by atoms with van der Waals surface area (Å²) >= 11 is 0. The number of nitrogen functional groups attached to an aromatic ring is 1. The number of fused-ring (bicyclic) bond motifs is 2. The van der Waals surface area contributed by atoms with Crippen LogP contribution in [0.25, 0.3) is 0 Å². The fourth-order valence-electron chi connectivity index (χ4n) is 5.75. The van der Waals surface area contributed by atoms with Crippen molar-refractivity contribution in [2.24, 2.45) is 0 Å². The Kier molecular flexibility index (Phi) is 8.69. The standard InChI is InChI=1S/C20H12N2O5.C20H14N2O3/c23-19-15-8-4-5-9-16(15)20(24)21(19)18-12-14(10-11-17(18)22(25)26)27-13-6-2-1-3-7-13;21-17-11-10-14(25-13-6-2-1-3-7-13)12-18(17)22-19(23)15-8-4-5-9-16(15)20(22)24/h1-12H;1-12H,21H2. The van der Waals surface area contributed by atoms with Gasteiger partial charge in [-0.3, -0.25) is 29.3 Å². The molecule has 2 N–H and O–H groups in total. The van der Waals surface area contributed by atoms with E-state index in [4.69, 9.17) is 15.2 Å². The van der Waals surface area contributed by atoms with Crippen molar-refractivity contribution in [3.63, 3.8) is 0 Å². The molecule has 0 aromatic heterocycles. The van der Waals surface area contributed by atoms with Gasteiger partial charge in [0.1, 0.15) is 28.7 Å². The monoisotopic (exact) mass is 690 g/mol. The highest BCUT2D eigenvalue weighted by molar-refractivity contribution is 6.36. The van der Waals surface area contributed by atoms with Gasteiger partial charge in [-0.1, -0.05) is 60.7 Å². The number of nitrogens with two attached hydrogens (primary N) is 1. The Morgan fingerprint density at radius 3 is 1.25 bits per heavy atom. The van der Waals surface area contributed by atoms with Crippen LogP contribution < -0.4 is 25.0 Å². The van der Waals surface area contributed by atoms with E-state index in [1.54, 1.807) is 78.9 Å². The van der Waals surface area contributed by atoms with Crippen molar-refractivity contribution >= 4 is 46.4 Å². The van der Waals surface area contributed by atoms with Crippen molar-refractivity contribution in [1.29, 1.82) is 0 Å². The topological polar surface area (TPSA) is 162 Å². The highest BCUT2D eigenvalue weighted by Crippen LogP contribution is 2.39. The zero-order valence-corrected chi connectivity index (χ0v) is 27.0. The van der Waals surface area contributed by atoms with Gasteiger partial charge < -0.3 is 15.2 Å². The van der Waals surface area contributed by atoms with Crippen LogP contribution in [0, 0.1) is 10.1 Å². The van der Waals surface area contributed by atoms with Crippen LogP contribution in [-0.4, -0.2) is 28.6 Å². The van der Waals surface area contributed by atoms with Crippen molar-refractivity contribution in [3.8, 4) is 23.0 Å². The molecule has 0 atom stereocenters. The number of nitrogens with zero attached hydrogens (tertiary/aromatic N) is 3. The van der Waals surface area contributed by atoms with E-state index in [0.29, 0.717) is 39.8 Å². The lowest BCUT2D eigenvalue weighted by Gasteiger charge is -2.17. The summed E-state index contributed by atoms with van der Waals surface area (Å²) in [6, 6.07) is 40.0. The van der Waals surface area contributed by atoms with Gasteiger partial charge in [0, 0.05) is 18.2 Å². The van der Waals surface area contributed by atoms with Crippen molar-refractivity contribution in [3.05, 3.63) is 178 Å². The molecule has 6 aromatic rings. The number of ether oxygens (including phenoxy) is 2. The van der Waals surface area contributed by atoms with Gasteiger partial charge in [0.25, 0.3) is 29.3 Å². The molecular formula is C40H26N4O8. The Balaban J connectivity index is 0.000000162. The highest BCUT2D eigenvalue weighted by atomic mass is 16.6. The maximum atomic E-state index is 12.7. The second-order valence-electron chi connectivity index (χ2n) is 11.4. The van der Waals surface area contributed by atoms with Gasteiger partial charge in [0.2, 0.25) is 0 Å². The van der Waals surface area contributed by atoms with Gasteiger partial charge >= 0.3 is 0 Å². The molecule has 0 fully saturated rings. The average Bonchev–Trinajstić information content (AvgIpc) is 3.57. The first kappa shape index (κ1) is 32.9. The Bertz CT molecular complexity index is 2330. The smallest absolute Gasteiger partial charge is 0.293 e. The second-order valence-corrected chi connectivity index (χ2v) is 11.4. The predicted molar refractivity (Wildman–Crippen MR) is 192 cm³/mol. The zero-order valence-electron chi connectivity index (χ0n) is 27.0. The molecule has 0 spiro atoms. The minimum atomic E-state index is -0.634. The van der Waals surface area contributed by atoms with Gasteiger partial charge in [-0.15, -0.1) is 0 Å². The van der Waals surface area contributed by atoms with Crippen LogP contribution in [0.3, 0.4) is 0 Å². The number of carbonyl (C=O) groups is 4. The number of benzene rings is 6. The molecule has 2 aliphatic heterocycles. The van der Waals surface area contributed by atoms with Crippen LogP contribution in [0.4, 0.5) is 22.7 Å². The summed E-state index contributed by atoms with van der Waals surface area (Å²) in [4.78, 5) is 63.4. The number of imide groups is 2. The Hall–Kier alpha value is -7.60. The minimum absolute atomic E-state index is 0.125. The van der Waals surface area contributed by atoms with Crippen LogP contribution in [0.5, 0.6) is 23.0 Å². The molecule has 4 amide bonds. The molecule has 0 bridgehead atoms. The lowest BCUT2D eigenvalue weighted by Crippen LogP contribution is -2.30. The molecule has 12 nitrogen and oxygen atoms in total. The first-order valence-corrected chi connectivity index (χ1v) is 15.8. The molecule has 6 aromatic carbocycles. The summed E-state index contributed by atoms with van der Waals surface area (Å²) in [5.41, 5.74) is 7.37. The molecule has 2 aliphatic rings. The lowest BCUT2D eigenvalue weighted by molar-refractivity contribution is -0.384. The number of rotatable bonds is 7. The number of anilines is 3. The fourth-order valence-corrected chi connectivity index (χ4v) is 5.75. The van der Waals surface area contributed by atoms with Crippen molar-refractivity contribution in [1.82, 2.24) is 0 Å². The van der Waals surface area contributed by atoms with Crippen LogP contribution >= 0.6 is 0 Å². The number of para-hydroxylation sites is 2. The van der Waals surface area contributed by atoms with E-state index in [9.17, 15) is 29.3 Å². The molecule has 254 valence electrons. The van der Waals surface area contributed by atoms with Gasteiger partial charge in [0.05, 0.1) is 38.6 Å². The third-order valence-electron chi connectivity index (χ3n) is 8.17. The summed E-state index contributed by atoms with van der Waals surface area (Å²) in [6.07, 6.45) is 0. The van der Waals surface area contributed by atoms with Crippen molar-refractivity contribution in [2.45, 2.75) is 0 Å². The molecule has 12 heteroatoms. The molecule has 0 aliphatic carbocycles. The zero-order chi connectivity index (χ0) is 36.4. The first-order valence-electron chi connectivity index (χ1n) is 15.8. The Labute approximate surface area is 296 Å².